The predicted octanol–water partition coefficient (Wildman–Crippen LogP) is 5.45. The smallest absolute Gasteiger partial charge is 0.162 e. The van der Waals surface area contributed by atoms with E-state index in [-0.39, 0.29) is 0 Å². The Labute approximate surface area is 164 Å². The van der Waals surface area contributed by atoms with Crippen LogP contribution in [0.15, 0.2) is 85.2 Å². The SMILES string of the molecule is c1ccc(-c2cncc(-c3cc(NC4CC4)nc(-c4ccccc4)n3)c2)cc1. The summed E-state index contributed by atoms with van der Waals surface area (Å²) in [6.07, 6.45) is 6.15. The quantitative estimate of drug-likeness (QED) is 0.512. The van der Waals surface area contributed by atoms with Crippen LogP contribution in [0.4, 0.5) is 5.82 Å². The van der Waals surface area contributed by atoms with Crippen LogP contribution in [0.3, 0.4) is 0 Å². The third kappa shape index (κ3) is 3.62. The molecule has 0 aliphatic heterocycles. The van der Waals surface area contributed by atoms with Gasteiger partial charge in [-0.2, -0.15) is 0 Å². The molecule has 1 N–H and O–H groups in total. The van der Waals surface area contributed by atoms with Gasteiger partial charge in [0, 0.05) is 41.2 Å². The van der Waals surface area contributed by atoms with Gasteiger partial charge in [0.25, 0.3) is 0 Å². The molecule has 1 aliphatic rings. The van der Waals surface area contributed by atoms with Crippen LogP contribution in [-0.4, -0.2) is 21.0 Å². The van der Waals surface area contributed by atoms with Gasteiger partial charge in [-0.1, -0.05) is 60.7 Å². The molecule has 0 unspecified atom stereocenters. The highest BCUT2D eigenvalue weighted by Gasteiger charge is 2.22. The number of nitrogens with zero attached hydrogens (tertiary/aromatic N) is 3. The van der Waals surface area contributed by atoms with Crippen LogP contribution in [0.5, 0.6) is 0 Å². The maximum atomic E-state index is 4.85. The van der Waals surface area contributed by atoms with Crippen LogP contribution in [-0.2, 0) is 0 Å². The average Bonchev–Trinajstić information content (AvgIpc) is 3.59. The minimum atomic E-state index is 0.528. The molecule has 0 spiro atoms. The molecule has 28 heavy (non-hydrogen) atoms. The molecule has 0 amide bonds. The second-order valence-electron chi connectivity index (χ2n) is 7.07. The highest BCUT2D eigenvalue weighted by molar-refractivity contribution is 5.72. The van der Waals surface area contributed by atoms with Crippen molar-refractivity contribution in [3.05, 3.63) is 85.2 Å². The Hall–Kier alpha value is -3.53. The van der Waals surface area contributed by atoms with Crippen LogP contribution in [0.1, 0.15) is 12.8 Å². The lowest BCUT2D eigenvalue weighted by atomic mass is 10.0. The zero-order valence-corrected chi connectivity index (χ0v) is 15.4. The predicted molar refractivity (Wildman–Crippen MR) is 113 cm³/mol. The summed E-state index contributed by atoms with van der Waals surface area (Å²) in [4.78, 5) is 14.1. The number of anilines is 1. The Balaban J connectivity index is 1.59. The van der Waals surface area contributed by atoms with Gasteiger partial charge in [0.05, 0.1) is 5.69 Å². The number of hydrogen-bond acceptors (Lipinski definition) is 4. The van der Waals surface area contributed by atoms with Crippen molar-refractivity contribution in [2.75, 3.05) is 5.32 Å². The summed E-state index contributed by atoms with van der Waals surface area (Å²) in [6, 6.07) is 25.1. The van der Waals surface area contributed by atoms with Crippen LogP contribution in [0.2, 0.25) is 0 Å². The van der Waals surface area contributed by atoms with E-state index < -0.39 is 0 Å². The first-order chi connectivity index (χ1) is 13.8. The van der Waals surface area contributed by atoms with E-state index in [1.807, 2.05) is 67.0 Å². The Kier molecular flexibility index (Phi) is 4.30. The molecule has 136 valence electrons. The van der Waals surface area contributed by atoms with Gasteiger partial charge >= 0.3 is 0 Å². The topological polar surface area (TPSA) is 50.7 Å². The minimum absolute atomic E-state index is 0.528. The van der Waals surface area contributed by atoms with Gasteiger partial charge in [0.15, 0.2) is 5.82 Å². The normalized spacial score (nSPS) is 13.3. The van der Waals surface area contributed by atoms with Crippen molar-refractivity contribution >= 4 is 5.82 Å². The largest absolute Gasteiger partial charge is 0.367 e. The Morgan fingerprint density at radius 1 is 0.679 bits per heavy atom. The standard InChI is InChI=1S/C24H20N4/c1-3-7-17(8-4-1)19-13-20(16-25-15-19)22-14-23(26-21-11-12-21)28-24(27-22)18-9-5-2-6-10-18/h1-10,13-16,21H,11-12H2,(H,26,27,28). The monoisotopic (exact) mass is 364 g/mol. The summed E-state index contributed by atoms with van der Waals surface area (Å²) in [6.45, 7) is 0. The van der Waals surface area contributed by atoms with Gasteiger partial charge in [0.1, 0.15) is 5.82 Å². The molecule has 1 aliphatic carbocycles. The van der Waals surface area contributed by atoms with Gasteiger partial charge in [0.2, 0.25) is 0 Å². The number of hydrogen-bond donors (Lipinski definition) is 1. The van der Waals surface area contributed by atoms with E-state index in [0.29, 0.717) is 6.04 Å². The van der Waals surface area contributed by atoms with E-state index in [0.717, 1.165) is 39.6 Å². The molecule has 2 aromatic heterocycles. The number of pyridine rings is 1. The van der Waals surface area contributed by atoms with Crippen LogP contribution >= 0.6 is 0 Å². The fraction of sp³-hybridized carbons (Fsp3) is 0.125. The second kappa shape index (κ2) is 7.24. The van der Waals surface area contributed by atoms with Crippen LogP contribution in [0.25, 0.3) is 33.8 Å². The minimum Gasteiger partial charge on any atom is -0.367 e. The molecule has 5 rings (SSSR count). The lowest BCUT2D eigenvalue weighted by molar-refractivity contribution is 1.09. The zero-order valence-electron chi connectivity index (χ0n) is 15.4. The van der Waals surface area contributed by atoms with E-state index in [1.165, 1.54) is 12.8 Å². The summed E-state index contributed by atoms with van der Waals surface area (Å²) in [5.74, 6) is 1.60. The number of rotatable bonds is 5. The zero-order chi connectivity index (χ0) is 18.8. The van der Waals surface area contributed by atoms with Crippen molar-refractivity contribution in [1.29, 1.82) is 0 Å². The van der Waals surface area contributed by atoms with Crippen molar-refractivity contribution in [2.45, 2.75) is 18.9 Å². The van der Waals surface area contributed by atoms with Gasteiger partial charge in [-0.3, -0.25) is 4.98 Å². The lowest BCUT2D eigenvalue weighted by Crippen LogP contribution is -2.05. The van der Waals surface area contributed by atoms with Crippen molar-refractivity contribution in [2.24, 2.45) is 0 Å². The molecule has 4 nitrogen and oxygen atoms in total. The van der Waals surface area contributed by atoms with E-state index >= 15 is 0 Å². The maximum absolute atomic E-state index is 4.85. The summed E-state index contributed by atoms with van der Waals surface area (Å²) in [5, 5.41) is 3.51. The van der Waals surface area contributed by atoms with Crippen molar-refractivity contribution in [3.63, 3.8) is 0 Å². The Morgan fingerprint density at radius 2 is 1.36 bits per heavy atom. The van der Waals surface area contributed by atoms with E-state index in [1.54, 1.807) is 0 Å². The third-order valence-corrected chi connectivity index (χ3v) is 4.83. The molecule has 0 radical (unpaired) electrons. The molecule has 0 saturated heterocycles. The molecule has 1 fully saturated rings. The number of benzene rings is 2. The molecule has 4 heteroatoms. The molecular weight excluding hydrogens is 344 g/mol. The summed E-state index contributed by atoms with van der Waals surface area (Å²) >= 11 is 0. The second-order valence-corrected chi connectivity index (χ2v) is 7.07. The average molecular weight is 364 g/mol. The van der Waals surface area contributed by atoms with Crippen LogP contribution in [0, 0.1) is 0 Å². The molecule has 4 aromatic rings. The summed E-state index contributed by atoms with van der Waals surface area (Å²) in [5.41, 5.74) is 5.10. The highest BCUT2D eigenvalue weighted by Crippen LogP contribution is 2.30. The molecule has 2 heterocycles. The summed E-state index contributed by atoms with van der Waals surface area (Å²) in [7, 11) is 0. The van der Waals surface area contributed by atoms with Gasteiger partial charge in [-0.15, -0.1) is 0 Å². The molecule has 2 aromatic carbocycles. The molecule has 1 saturated carbocycles. The first-order valence-electron chi connectivity index (χ1n) is 9.57. The van der Waals surface area contributed by atoms with Crippen molar-refractivity contribution in [3.8, 4) is 33.8 Å². The number of aromatic nitrogens is 3. The van der Waals surface area contributed by atoms with Crippen molar-refractivity contribution < 1.29 is 0 Å². The van der Waals surface area contributed by atoms with Gasteiger partial charge in [-0.25, -0.2) is 9.97 Å². The first-order valence-corrected chi connectivity index (χ1v) is 9.57. The molecular formula is C24H20N4. The summed E-state index contributed by atoms with van der Waals surface area (Å²) < 4.78 is 0. The van der Waals surface area contributed by atoms with Gasteiger partial charge < -0.3 is 5.32 Å². The van der Waals surface area contributed by atoms with Crippen molar-refractivity contribution in [1.82, 2.24) is 15.0 Å². The third-order valence-electron chi connectivity index (χ3n) is 4.83. The molecule has 0 bridgehead atoms. The first kappa shape index (κ1) is 16.6. The van der Waals surface area contributed by atoms with Gasteiger partial charge in [-0.05, 0) is 24.5 Å². The maximum Gasteiger partial charge on any atom is 0.162 e. The highest BCUT2D eigenvalue weighted by atomic mass is 15.1. The Bertz CT molecular complexity index is 1090. The number of nitrogens with one attached hydrogen (secondary N) is 1. The van der Waals surface area contributed by atoms with E-state index in [9.17, 15) is 0 Å². The van der Waals surface area contributed by atoms with E-state index in [2.05, 4.69) is 28.5 Å². The van der Waals surface area contributed by atoms with Crippen LogP contribution < -0.4 is 5.32 Å². The Morgan fingerprint density at radius 3 is 2.07 bits per heavy atom. The lowest BCUT2D eigenvalue weighted by Gasteiger charge is -2.11. The molecule has 0 atom stereocenters. The fourth-order valence-corrected chi connectivity index (χ4v) is 3.19. The fourth-order valence-electron chi connectivity index (χ4n) is 3.19. The van der Waals surface area contributed by atoms with E-state index in [4.69, 9.17) is 9.97 Å².